The van der Waals surface area contributed by atoms with Gasteiger partial charge >= 0.3 is 5.97 Å². The van der Waals surface area contributed by atoms with Crippen LogP contribution in [-0.2, 0) is 9.59 Å². The molecular formula is C14H16FNO4S. The molecule has 0 aliphatic carbocycles. The number of rotatable bonds is 6. The van der Waals surface area contributed by atoms with Crippen molar-refractivity contribution in [1.29, 1.82) is 0 Å². The van der Waals surface area contributed by atoms with Crippen molar-refractivity contribution in [2.75, 3.05) is 18.2 Å². The minimum atomic E-state index is -0.962. The summed E-state index contributed by atoms with van der Waals surface area (Å²) in [7, 11) is 0. The molecule has 0 saturated carbocycles. The molecule has 0 spiro atoms. The molecule has 1 aliphatic heterocycles. The molecule has 1 saturated heterocycles. The van der Waals surface area contributed by atoms with Crippen molar-refractivity contribution in [2.45, 2.75) is 18.9 Å². The van der Waals surface area contributed by atoms with Crippen LogP contribution in [-0.4, -0.2) is 46.2 Å². The van der Waals surface area contributed by atoms with Crippen LogP contribution < -0.4 is 4.74 Å². The van der Waals surface area contributed by atoms with Gasteiger partial charge in [0.1, 0.15) is 17.6 Å². The van der Waals surface area contributed by atoms with Crippen molar-refractivity contribution >= 4 is 23.6 Å². The van der Waals surface area contributed by atoms with Crippen LogP contribution in [0, 0.1) is 5.82 Å². The molecule has 1 aliphatic rings. The lowest BCUT2D eigenvalue weighted by molar-refractivity contribution is -0.147. The Kier molecular flexibility index (Phi) is 5.44. The lowest BCUT2D eigenvalue weighted by Gasteiger charge is -2.20. The summed E-state index contributed by atoms with van der Waals surface area (Å²) in [5, 5.41) is 9.01. The van der Waals surface area contributed by atoms with Crippen LogP contribution in [0.25, 0.3) is 0 Å². The maximum Gasteiger partial charge on any atom is 0.327 e. The molecule has 2 rings (SSSR count). The second-order valence-electron chi connectivity index (χ2n) is 4.62. The van der Waals surface area contributed by atoms with E-state index < -0.39 is 12.0 Å². The summed E-state index contributed by atoms with van der Waals surface area (Å²) in [5.41, 5.74) is 0. The van der Waals surface area contributed by atoms with Crippen LogP contribution in [0.15, 0.2) is 24.3 Å². The van der Waals surface area contributed by atoms with Gasteiger partial charge in [-0.1, -0.05) is 0 Å². The Labute approximate surface area is 126 Å². The molecule has 1 aromatic rings. The third kappa shape index (κ3) is 4.35. The fraction of sp³-hybridized carbons (Fsp3) is 0.429. The van der Waals surface area contributed by atoms with E-state index in [1.54, 1.807) is 0 Å². The van der Waals surface area contributed by atoms with Gasteiger partial charge in [-0.2, -0.15) is 0 Å². The molecule has 21 heavy (non-hydrogen) atoms. The normalized spacial score (nSPS) is 17.8. The summed E-state index contributed by atoms with van der Waals surface area (Å²) in [4.78, 5) is 24.4. The predicted octanol–water partition coefficient (Wildman–Crippen LogP) is 1.97. The van der Waals surface area contributed by atoms with Gasteiger partial charge in [-0.25, -0.2) is 9.18 Å². The molecule has 1 atom stereocenters. The third-order valence-electron chi connectivity index (χ3n) is 3.11. The number of carbonyl (C=O) groups excluding carboxylic acids is 1. The minimum absolute atomic E-state index is 0.171. The largest absolute Gasteiger partial charge is 0.494 e. The molecule has 1 amide bonds. The van der Waals surface area contributed by atoms with Gasteiger partial charge in [-0.05, 0) is 30.7 Å². The highest BCUT2D eigenvalue weighted by Crippen LogP contribution is 2.22. The van der Waals surface area contributed by atoms with Gasteiger partial charge in [0.25, 0.3) is 0 Å². The summed E-state index contributed by atoms with van der Waals surface area (Å²) < 4.78 is 18.1. The van der Waals surface area contributed by atoms with Crippen LogP contribution in [0.5, 0.6) is 5.75 Å². The molecule has 5 nitrogen and oxygen atoms in total. The fourth-order valence-electron chi connectivity index (χ4n) is 1.98. The monoisotopic (exact) mass is 313 g/mol. The van der Waals surface area contributed by atoms with Crippen LogP contribution in [0.2, 0.25) is 0 Å². The maximum absolute atomic E-state index is 12.7. The van der Waals surface area contributed by atoms with E-state index in [1.807, 2.05) is 0 Å². The van der Waals surface area contributed by atoms with Crippen molar-refractivity contribution in [3.05, 3.63) is 30.1 Å². The van der Waals surface area contributed by atoms with E-state index in [9.17, 15) is 14.0 Å². The number of hydrogen-bond acceptors (Lipinski definition) is 4. The van der Waals surface area contributed by atoms with Crippen molar-refractivity contribution in [3.8, 4) is 5.75 Å². The SMILES string of the molecule is O=C(O)[C@@H]1CSCN1C(=O)CCCOc1ccc(F)cc1. The fourth-order valence-corrected chi connectivity index (χ4v) is 3.15. The number of halogens is 1. The van der Waals surface area contributed by atoms with E-state index in [0.717, 1.165) is 0 Å². The van der Waals surface area contributed by atoms with E-state index >= 15 is 0 Å². The van der Waals surface area contributed by atoms with E-state index in [1.165, 1.54) is 40.9 Å². The molecule has 114 valence electrons. The molecule has 0 unspecified atom stereocenters. The van der Waals surface area contributed by atoms with Gasteiger partial charge in [0.05, 0.1) is 12.5 Å². The standard InChI is InChI=1S/C14H16FNO4S/c15-10-3-5-11(6-4-10)20-7-1-2-13(17)16-9-21-8-12(16)14(18)19/h3-6,12H,1-2,7-9H2,(H,18,19)/t12-/m0/s1. The molecule has 1 fully saturated rings. The smallest absolute Gasteiger partial charge is 0.327 e. The lowest BCUT2D eigenvalue weighted by Crippen LogP contribution is -2.41. The Morgan fingerprint density at radius 2 is 2.10 bits per heavy atom. The molecular weight excluding hydrogens is 297 g/mol. The first-order chi connectivity index (χ1) is 10.1. The van der Waals surface area contributed by atoms with Crippen molar-refractivity contribution in [3.63, 3.8) is 0 Å². The molecule has 1 heterocycles. The molecule has 0 aromatic heterocycles. The van der Waals surface area contributed by atoms with E-state index in [-0.39, 0.29) is 18.1 Å². The highest BCUT2D eigenvalue weighted by atomic mass is 32.2. The first kappa shape index (κ1) is 15.6. The second kappa shape index (κ2) is 7.31. The molecule has 0 radical (unpaired) electrons. The van der Waals surface area contributed by atoms with Gasteiger partial charge in [0.2, 0.25) is 5.91 Å². The summed E-state index contributed by atoms with van der Waals surface area (Å²) in [5.74, 6) is -0.0549. The Morgan fingerprint density at radius 3 is 2.76 bits per heavy atom. The number of carboxylic acid groups (broad SMARTS) is 1. The Morgan fingerprint density at radius 1 is 1.38 bits per heavy atom. The number of aliphatic carboxylic acids is 1. The Balaban J connectivity index is 1.72. The molecule has 7 heteroatoms. The molecule has 1 N–H and O–H groups in total. The first-order valence-electron chi connectivity index (χ1n) is 6.56. The average Bonchev–Trinajstić information content (AvgIpc) is 2.95. The highest BCUT2D eigenvalue weighted by Gasteiger charge is 2.33. The van der Waals surface area contributed by atoms with Crippen molar-refractivity contribution in [1.82, 2.24) is 4.90 Å². The summed E-state index contributed by atoms with van der Waals surface area (Å²) in [6, 6.07) is 4.93. The topological polar surface area (TPSA) is 66.8 Å². The zero-order valence-corrected chi connectivity index (χ0v) is 12.1. The summed E-state index contributed by atoms with van der Waals surface area (Å²) >= 11 is 1.44. The van der Waals surface area contributed by atoms with E-state index in [2.05, 4.69) is 0 Å². The second-order valence-corrected chi connectivity index (χ2v) is 5.62. The summed E-state index contributed by atoms with van der Waals surface area (Å²) in [6.45, 7) is 0.329. The lowest BCUT2D eigenvalue weighted by atomic mass is 10.2. The minimum Gasteiger partial charge on any atom is -0.494 e. The summed E-state index contributed by atoms with van der Waals surface area (Å²) in [6.07, 6.45) is 0.731. The number of amides is 1. The Bertz CT molecular complexity index is 508. The van der Waals surface area contributed by atoms with Crippen LogP contribution in [0.1, 0.15) is 12.8 Å². The quantitative estimate of drug-likeness (QED) is 0.813. The number of hydrogen-bond donors (Lipinski definition) is 1. The zero-order valence-electron chi connectivity index (χ0n) is 11.3. The van der Waals surface area contributed by atoms with Gasteiger partial charge in [0.15, 0.2) is 0 Å². The number of carboxylic acids is 1. The van der Waals surface area contributed by atoms with E-state index in [0.29, 0.717) is 30.4 Å². The van der Waals surface area contributed by atoms with Gasteiger partial charge in [-0.15, -0.1) is 11.8 Å². The van der Waals surface area contributed by atoms with Crippen LogP contribution in [0.4, 0.5) is 4.39 Å². The van der Waals surface area contributed by atoms with Crippen molar-refractivity contribution < 1.29 is 23.8 Å². The maximum atomic E-state index is 12.7. The number of ether oxygens (including phenoxy) is 1. The zero-order chi connectivity index (χ0) is 15.2. The highest BCUT2D eigenvalue weighted by molar-refractivity contribution is 7.99. The predicted molar refractivity (Wildman–Crippen MR) is 76.7 cm³/mol. The number of carbonyl (C=O) groups is 2. The van der Waals surface area contributed by atoms with Gasteiger partial charge < -0.3 is 14.7 Å². The number of thioether (sulfide) groups is 1. The number of nitrogens with zero attached hydrogens (tertiary/aromatic N) is 1. The van der Waals surface area contributed by atoms with Crippen molar-refractivity contribution in [2.24, 2.45) is 0 Å². The Hall–Kier alpha value is -1.76. The number of benzene rings is 1. The average molecular weight is 313 g/mol. The van der Waals surface area contributed by atoms with Crippen LogP contribution in [0.3, 0.4) is 0 Å². The molecule has 0 bridgehead atoms. The molecule has 1 aromatic carbocycles. The first-order valence-corrected chi connectivity index (χ1v) is 7.72. The third-order valence-corrected chi connectivity index (χ3v) is 4.12. The van der Waals surface area contributed by atoms with E-state index in [4.69, 9.17) is 9.84 Å². The van der Waals surface area contributed by atoms with Crippen LogP contribution >= 0.6 is 11.8 Å². The van der Waals surface area contributed by atoms with Gasteiger partial charge in [0, 0.05) is 12.2 Å². The van der Waals surface area contributed by atoms with Gasteiger partial charge in [-0.3, -0.25) is 4.79 Å².